The molecule has 0 saturated heterocycles. The van der Waals surface area contributed by atoms with Crippen LogP contribution in [0.3, 0.4) is 0 Å². The molecule has 0 aromatic carbocycles. The highest BCUT2D eigenvalue weighted by Crippen LogP contribution is 2.33. The lowest BCUT2D eigenvalue weighted by molar-refractivity contribution is -0.114. The van der Waals surface area contributed by atoms with Crippen molar-refractivity contribution in [1.82, 2.24) is 24.3 Å². The molecule has 0 unspecified atom stereocenters. The number of pyridine rings is 1. The Morgan fingerprint density at radius 1 is 1.14 bits per heavy atom. The predicted molar refractivity (Wildman–Crippen MR) is 102 cm³/mol. The van der Waals surface area contributed by atoms with Crippen LogP contribution in [-0.2, 0) is 10.7 Å². The van der Waals surface area contributed by atoms with E-state index in [1.54, 1.807) is 26.0 Å². The third-order valence-electron chi connectivity index (χ3n) is 3.48. The van der Waals surface area contributed by atoms with Gasteiger partial charge >= 0.3 is 5.92 Å². The zero-order valence-corrected chi connectivity index (χ0v) is 16.4. The normalized spacial score (nSPS) is 11.4. The van der Waals surface area contributed by atoms with Gasteiger partial charge in [0.25, 0.3) is 0 Å². The maximum Gasteiger partial charge on any atom is 0.303 e. The van der Waals surface area contributed by atoms with Gasteiger partial charge in [-0.15, -0.1) is 0 Å². The van der Waals surface area contributed by atoms with E-state index in [1.807, 2.05) is 0 Å². The van der Waals surface area contributed by atoms with Gasteiger partial charge in [0.15, 0.2) is 0 Å². The average molecular weight is 405 g/mol. The van der Waals surface area contributed by atoms with Crippen molar-refractivity contribution in [2.45, 2.75) is 33.6 Å². The predicted octanol–water partition coefficient (Wildman–Crippen LogP) is 3.82. The summed E-state index contributed by atoms with van der Waals surface area (Å²) in [7, 11) is 0. The molecule has 0 bridgehead atoms. The van der Waals surface area contributed by atoms with Gasteiger partial charge in [-0.05, 0) is 25.4 Å². The molecule has 0 saturated carbocycles. The number of hydrogen-bond donors (Lipinski definition) is 2. The molecular formula is C17H17F2N7OS. The first-order valence-corrected chi connectivity index (χ1v) is 8.98. The molecule has 3 aromatic rings. The van der Waals surface area contributed by atoms with E-state index in [2.05, 4.69) is 34.9 Å². The highest BCUT2D eigenvalue weighted by molar-refractivity contribution is 7.09. The van der Waals surface area contributed by atoms with Crippen LogP contribution in [0.25, 0.3) is 10.6 Å². The van der Waals surface area contributed by atoms with E-state index >= 15 is 0 Å². The van der Waals surface area contributed by atoms with Crippen molar-refractivity contribution < 1.29 is 13.6 Å². The molecule has 3 rings (SSSR count). The molecule has 1 amide bonds. The number of carbonyl (C=O) groups is 1. The maximum absolute atomic E-state index is 13.7. The highest BCUT2D eigenvalue weighted by atomic mass is 32.1. The Bertz CT molecular complexity index is 1030. The molecule has 0 atom stereocenters. The molecule has 3 heterocycles. The van der Waals surface area contributed by atoms with Gasteiger partial charge < -0.3 is 10.6 Å². The fraction of sp³-hybridized carbons (Fsp3) is 0.294. The molecule has 28 heavy (non-hydrogen) atoms. The number of amides is 1. The topological polar surface area (TPSA) is 106 Å². The summed E-state index contributed by atoms with van der Waals surface area (Å²) < 4.78 is 31.5. The van der Waals surface area contributed by atoms with Crippen LogP contribution in [0.1, 0.15) is 31.2 Å². The second kappa shape index (κ2) is 7.50. The van der Waals surface area contributed by atoms with Gasteiger partial charge in [-0.1, -0.05) is 0 Å². The van der Waals surface area contributed by atoms with Gasteiger partial charge in [0.05, 0.1) is 11.3 Å². The Balaban J connectivity index is 2.06. The summed E-state index contributed by atoms with van der Waals surface area (Å²) >= 11 is 1.18. The number of aryl methyl sites for hydroxylation is 2. The summed E-state index contributed by atoms with van der Waals surface area (Å²) in [6.07, 6.45) is 1.52. The number of nitrogens with zero attached hydrogens (tertiary/aromatic N) is 5. The van der Waals surface area contributed by atoms with Crippen LogP contribution in [-0.4, -0.2) is 30.2 Å². The van der Waals surface area contributed by atoms with E-state index in [4.69, 9.17) is 0 Å². The molecule has 3 aromatic heterocycles. The van der Waals surface area contributed by atoms with E-state index < -0.39 is 11.7 Å². The van der Waals surface area contributed by atoms with Crippen molar-refractivity contribution in [3.63, 3.8) is 0 Å². The third kappa shape index (κ3) is 4.60. The van der Waals surface area contributed by atoms with Crippen molar-refractivity contribution in [3.05, 3.63) is 35.7 Å². The molecule has 0 aliphatic heterocycles. The Morgan fingerprint density at radius 2 is 1.89 bits per heavy atom. The lowest BCUT2D eigenvalue weighted by atomic mass is 10.2. The molecule has 0 fully saturated rings. The Labute approximate surface area is 163 Å². The van der Waals surface area contributed by atoms with Crippen LogP contribution in [0.15, 0.2) is 18.3 Å². The van der Waals surface area contributed by atoms with E-state index in [1.165, 1.54) is 24.7 Å². The molecule has 0 aliphatic carbocycles. The van der Waals surface area contributed by atoms with Crippen LogP contribution < -0.4 is 10.6 Å². The molecule has 0 aliphatic rings. The van der Waals surface area contributed by atoms with Crippen LogP contribution >= 0.6 is 11.5 Å². The number of anilines is 3. The van der Waals surface area contributed by atoms with Gasteiger partial charge in [-0.25, -0.2) is 19.9 Å². The quantitative estimate of drug-likeness (QED) is 0.665. The van der Waals surface area contributed by atoms with E-state index in [-0.39, 0.29) is 11.7 Å². The zero-order chi connectivity index (χ0) is 20.5. The Morgan fingerprint density at radius 3 is 2.50 bits per heavy atom. The Hall–Kier alpha value is -3.08. The van der Waals surface area contributed by atoms with Crippen molar-refractivity contribution in [1.29, 1.82) is 0 Å². The summed E-state index contributed by atoms with van der Waals surface area (Å²) in [5, 5.41) is 6.19. The average Bonchev–Trinajstić information content (AvgIpc) is 2.99. The highest BCUT2D eigenvalue weighted by Gasteiger charge is 2.29. The second-order valence-electron chi connectivity index (χ2n) is 6.17. The maximum atomic E-state index is 13.7. The van der Waals surface area contributed by atoms with Gasteiger partial charge in [0.2, 0.25) is 11.7 Å². The van der Waals surface area contributed by atoms with E-state index in [9.17, 15) is 13.6 Å². The number of carbonyl (C=O) groups excluding carboxylic acids is 1. The van der Waals surface area contributed by atoms with Gasteiger partial charge in [-0.2, -0.15) is 13.2 Å². The van der Waals surface area contributed by atoms with Gasteiger partial charge in [0, 0.05) is 37.9 Å². The number of halogens is 2. The fourth-order valence-corrected chi connectivity index (χ4v) is 3.04. The minimum atomic E-state index is -3.18. The van der Waals surface area contributed by atoms with Crippen LogP contribution in [0.4, 0.5) is 26.1 Å². The molecule has 0 spiro atoms. The first-order chi connectivity index (χ1) is 13.1. The standard InChI is InChI=1S/C17H17F2N7OS/c1-8-5-14(25-16(21-8)17(4,18)19)24-12-6-13(23-10(3)27)20-7-11(12)15-22-9(2)26-28-15/h5-7H,1-4H3,(H2,20,21,23,24,25,27). The number of hydrogen-bond acceptors (Lipinski definition) is 8. The zero-order valence-electron chi connectivity index (χ0n) is 15.5. The molecule has 0 radical (unpaired) electrons. The van der Waals surface area contributed by atoms with Crippen LogP contribution in [0.2, 0.25) is 0 Å². The molecule has 146 valence electrons. The lowest BCUT2D eigenvalue weighted by Gasteiger charge is -2.14. The fourth-order valence-electron chi connectivity index (χ4n) is 2.35. The molecule has 2 N–H and O–H groups in total. The number of rotatable bonds is 5. The van der Waals surface area contributed by atoms with Gasteiger partial charge in [0.1, 0.15) is 22.5 Å². The van der Waals surface area contributed by atoms with E-state index in [0.717, 1.165) is 6.92 Å². The summed E-state index contributed by atoms with van der Waals surface area (Å²) in [6.45, 7) is 5.46. The summed E-state index contributed by atoms with van der Waals surface area (Å²) in [4.78, 5) is 27.6. The smallest absolute Gasteiger partial charge is 0.303 e. The minimum absolute atomic E-state index is 0.187. The van der Waals surface area contributed by atoms with Crippen LogP contribution in [0, 0.1) is 13.8 Å². The number of alkyl halides is 2. The van der Waals surface area contributed by atoms with Crippen molar-refractivity contribution in [2.24, 2.45) is 0 Å². The second-order valence-corrected chi connectivity index (χ2v) is 6.93. The molecular weight excluding hydrogens is 388 g/mol. The summed E-state index contributed by atoms with van der Waals surface area (Å²) in [5.74, 6) is -2.97. The molecule has 8 nitrogen and oxygen atoms in total. The Kier molecular flexibility index (Phi) is 5.27. The van der Waals surface area contributed by atoms with Crippen LogP contribution in [0.5, 0.6) is 0 Å². The summed E-state index contributed by atoms with van der Waals surface area (Å²) in [5.41, 5.74) is 1.47. The van der Waals surface area contributed by atoms with Crippen molar-refractivity contribution >= 4 is 34.8 Å². The van der Waals surface area contributed by atoms with E-state index in [0.29, 0.717) is 33.6 Å². The SMILES string of the molecule is CC(=O)Nc1cc(Nc2cc(C)nc(C(C)(F)F)n2)c(-c2nc(C)ns2)cn1. The first kappa shape index (κ1) is 19.7. The third-order valence-corrected chi connectivity index (χ3v) is 4.32. The minimum Gasteiger partial charge on any atom is -0.339 e. The monoisotopic (exact) mass is 405 g/mol. The lowest BCUT2D eigenvalue weighted by Crippen LogP contribution is -2.14. The largest absolute Gasteiger partial charge is 0.339 e. The van der Waals surface area contributed by atoms with Crippen molar-refractivity contribution in [3.8, 4) is 10.6 Å². The van der Waals surface area contributed by atoms with Crippen molar-refractivity contribution in [2.75, 3.05) is 10.6 Å². The summed E-state index contributed by atoms with van der Waals surface area (Å²) in [6, 6.07) is 3.12. The van der Waals surface area contributed by atoms with Gasteiger partial charge in [-0.3, -0.25) is 4.79 Å². The number of aromatic nitrogens is 5. The number of nitrogens with one attached hydrogen (secondary N) is 2. The first-order valence-electron chi connectivity index (χ1n) is 8.21. The molecule has 11 heteroatoms.